The average molecular weight is 375 g/mol. The van der Waals surface area contributed by atoms with Crippen LogP contribution in [0.25, 0.3) is 0 Å². The van der Waals surface area contributed by atoms with Crippen molar-refractivity contribution in [1.82, 2.24) is 10.6 Å². The highest BCUT2D eigenvalue weighted by atomic mass is 35.5. The van der Waals surface area contributed by atoms with Gasteiger partial charge >= 0.3 is 12.0 Å². The molecule has 7 heteroatoms. The van der Waals surface area contributed by atoms with Crippen LogP contribution in [0.1, 0.15) is 24.2 Å². The van der Waals surface area contributed by atoms with Crippen LogP contribution in [-0.4, -0.2) is 24.5 Å². The molecule has 0 bridgehead atoms. The van der Waals surface area contributed by atoms with E-state index in [1.807, 2.05) is 0 Å². The Balaban J connectivity index is 2.13. The van der Waals surface area contributed by atoms with Crippen LogP contribution in [0.3, 0.4) is 0 Å². The molecular weight excluding hydrogens is 356 g/mol. The molecule has 0 radical (unpaired) electrons. The molecule has 0 aliphatic heterocycles. The van der Waals surface area contributed by atoms with Gasteiger partial charge in [0, 0.05) is 17.1 Å². The Morgan fingerprint density at radius 2 is 1.69 bits per heavy atom. The Morgan fingerprint density at radius 1 is 1.04 bits per heavy atom. The zero-order valence-electron chi connectivity index (χ0n) is 14.2. The van der Waals surface area contributed by atoms with E-state index < -0.39 is 24.0 Å². The summed E-state index contributed by atoms with van der Waals surface area (Å²) in [6, 6.07) is 14.7. The van der Waals surface area contributed by atoms with Crippen molar-refractivity contribution in [1.29, 1.82) is 0 Å². The highest BCUT2D eigenvalue weighted by molar-refractivity contribution is 6.31. The minimum absolute atomic E-state index is 0.0859. The number of esters is 1. The third kappa shape index (κ3) is 5.60. The van der Waals surface area contributed by atoms with E-state index >= 15 is 0 Å². The molecule has 2 aromatic rings. The van der Waals surface area contributed by atoms with Gasteiger partial charge in [-0.2, -0.15) is 0 Å². The minimum atomic E-state index is -1.24. The summed E-state index contributed by atoms with van der Waals surface area (Å²) in [5.41, 5.74) is 1.05. The average Bonchev–Trinajstić information content (AvgIpc) is 2.62. The summed E-state index contributed by atoms with van der Waals surface area (Å²) in [5.74, 6) is -1.35. The summed E-state index contributed by atoms with van der Waals surface area (Å²) in [5, 5.41) is 5.06. The molecule has 0 heterocycles. The molecule has 1 atom stereocenters. The number of hydrogen-bond acceptors (Lipinski definition) is 4. The molecule has 0 aromatic heterocycles. The van der Waals surface area contributed by atoms with Crippen LogP contribution in [0.5, 0.6) is 0 Å². The normalized spacial score (nSPS) is 11.3. The highest BCUT2D eigenvalue weighted by Gasteiger charge is 2.26. The first-order chi connectivity index (χ1) is 12.5. The van der Waals surface area contributed by atoms with Crippen LogP contribution in [0.15, 0.2) is 54.6 Å². The largest absolute Gasteiger partial charge is 0.447 e. The summed E-state index contributed by atoms with van der Waals surface area (Å²) in [6.45, 7) is 2.09. The third-order valence-corrected chi connectivity index (χ3v) is 3.83. The number of benzene rings is 2. The van der Waals surface area contributed by atoms with Crippen LogP contribution in [0.4, 0.5) is 4.79 Å². The van der Waals surface area contributed by atoms with Crippen LogP contribution in [-0.2, 0) is 20.7 Å². The van der Waals surface area contributed by atoms with Crippen LogP contribution in [0, 0.1) is 0 Å². The Labute approximate surface area is 156 Å². The number of carbonyl (C=O) groups excluding carboxylic acids is 3. The predicted molar refractivity (Wildman–Crippen MR) is 97.6 cm³/mol. The molecular formula is C19H19ClN2O4. The van der Waals surface area contributed by atoms with Gasteiger partial charge in [-0.3, -0.25) is 14.9 Å². The monoisotopic (exact) mass is 374 g/mol. The van der Waals surface area contributed by atoms with Crippen molar-refractivity contribution in [3.05, 3.63) is 70.7 Å². The number of nitrogens with one attached hydrogen (secondary N) is 2. The molecule has 2 rings (SSSR count). The van der Waals surface area contributed by atoms with Gasteiger partial charge in [-0.1, -0.05) is 60.1 Å². The van der Waals surface area contributed by atoms with Gasteiger partial charge in [-0.05, 0) is 18.6 Å². The van der Waals surface area contributed by atoms with Crippen molar-refractivity contribution in [3.63, 3.8) is 0 Å². The number of amides is 3. The van der Waals surface area contributed by atoms with E-state index in [0.29, 0.717) is 22.7 Å². The lowest BCUT2D eigenvalue weighted by molar-refractivity contribution is -0.155. The standard InChI is InChI=1S/C19H19ClN2O4/c1-2-21-19(25)22-18(24)17(13-8-4-3-5-9-13)26-16(23)12-14-10-6-7-11-15(14)20/h3-11,17H,2,12H2,1H3,(H2,21,22,24,25)/t17-/m0/s1. The Kier molecular flexibility index (Phi) is 7.17. The number of hydrogen-bond donors (Lipinski definition) is 2. The molecule has 0 aliphatic rings. The Bertz CT molecular complexity index is 780. The van der Waals surface area contributed by atoms with Gasteiger partial charge in [0.05, 0.1) is 6.42 Å². The maximum atomic E-state index is 12.4. The maximum absolute atomic E-state index is 12.4. The van der Waals surface area contributed by atoms with E-state index in [2.05, 4.69) is 10.6 Å². The second kappa shape index (κ2) is 9.58. The molecule has 0 saturated carbocycles. The van der Waals surface area contributed by atoms with Gasteiger partial charge in [-0.15, -0.1) is 0 Å². The fraction of sp³-hybridized carbons (Fsp3) is 0.211. The quantitative estimate of drug-likeness (QED) is 0.761. The lowest BCUT2D eigenvalue weighted by Crippen LogP contribution is -2.42. The van der Waals surface area contributed by atoms with Crippen molar-refractivity contribution in [2.45, 2.75) is 19.4 Å². The first-order valence-electron chi connectivity index (χ1n) is 8.07. The summed E-state index contributed by atoms with van der Waals surface area (Å²) in [6.07, 6.45) is -1.33. The van der Waals surface area contributed by atoms with Crippen LogP contribution < -0.4 is 10.6 Å². The van der Waals surface area contributed by atoms with E-state index in [-0.39, 0.29) is 6.42 Å². The van der Waals surface area contributed by atoms with E-state index in [1.54, 1.807) is 61.5 Å². The van der Waals surface area contributed by atoms with Gasteiger partial charge in [-0.25, -0.2) is 4.79 Å². The van der Waals surface area contributed by atoms with Gasteiger partial charge in [0.15, 0.2) is 0 Å². The Morgan fingerprint density at radius 3 is 2.35 bits per heavy atom. The number of rotatable bonds is 6. The second-order valence-corrected chi connectivity index (χ2v) is 5.80. The van der Waals surface area contributed by atoms with Crippen LogP contribution in [0.2, 0.25) is 5.02 Å². The lowest BCUT2D eigenvalue weighted by atomic mass is 10.1. The first-order valence-corrected chi connectivity index (χ1v) is 8.45. The molecule has 26 heavy (non-hydrogen) atoms. The molecule has 0 unspecified atom stereocenters. The lowest BCUT2D eigenvalue weighted by Gasteiger charge is -2.18. The number of urea groups is 1. The van der Waals surface area contributed by atoms with Gasteiger partial charge in [0.25, 0.3) is 5.91 Å². The van der Waals surface area contributed by atoms with Crippen LogP contribution >= 0.6 is 11.6 Å². The van der Waals surface area contributed by atoms with E-state index in [1.165, 1.54) is 0 Å². The van der Waals surface area contributed by atoms with Gasteiger partial charge in [0.1, 0.15) is 0 Å². The van der Waals surface area contributed by atoms with Crippen molar-refractivity contribution in [2.24, 2.45) is 0 Å². The number of ether oxygens (including phenoxy) is 1. The van der Waals surface area contributed by atoms with Crippen molar-refractivity contribution in [3.8, 4) is 0 Å². The first kappa shape index (κ1) is 19.5. The molecule has 2 N–H and O–H groups in total. The summed E-state index contributed by atoms with van der Waals surface area (Å²) >= 11 is 6.05. The molecule has 136 valence electrons. The molecule has 0 aliphatic carbocycles. The minimum Gasteiger partial charge on any atom is -0.447 e. The van der Waals surface area contributed by atoms with Crippen molar-refractivity contribution in [2.75, 3.05) is 6.54 Å². The van der Waals surface area contributed by atoms with Crippen molar-refractivity contribution >= 4 is 29.5 Å². The fourth-order valence-electron chi connectivity index (χ4n) is 2.25. The SMILES string of the molecule is CCNC(=O)NC(=O)[C@@H](OC(=O)Cc1ccccc1Cl)c1ccccc1. The molecule has 2 aromatic carbocycles. The zero-order valence-corrected chi connectivity index (χ0v) is 15.0. The second-order valence-electron chi connectivity index (χ2n) is 5.40. The molecule has 3 amide bonds. The van der Waals surface area contributed by atoms with Gasteiger partial charge in [0.2, 0.25) is 6.10 Å². The zero-order chi connectivity index (χ0) is 18.9. The number of imide groups is 1. The molecule has 6 nitrogen and oxygen atoms in total. The number of halogens is 1. The third-order valence-electron chi connectivity index (χ3n) is 3.46. The van der Waals surface area contributed by atoms with Crippen molar-refractivity contribution < 1.29 is 19.1 Å². The van der Waals surface area contributed by atoms with Gasteiger partial charge < -0.3 is 10.1 Å². The predicted octanol–water partition coefficient (Wildman–Crippen LogP) is 3.01. The summed E-state index contributed by atoms with van der Waals surface area (Å²) in [4.78, 5) is 36.3. The van der Waals surface area contributed by atoms with E-state index in [0.717, 1.165) is 0 Å². The Hall–Kier alpha value is -2.86. The van der Waals surface area contributed by atoms with E-state index in [4.69, 9.17) is 16.3 Å². The molecule has 0 fully saturated rings. The van der Waals surface area contributed by atoms with E-state index in [9.17, 15) is 14.4 Å². The highest BCUT2D eigenvalue weighted by Crippen LogP contribution is 2.21. The molecule has 0 spiro atoms. The molecule has 0 saturated heterocycles. The number of carbonyl (C=O) groups is 3. The summed E-state index contributed by atoms with van der Waals surface area (Å²) in [7, 11) is 0. The maximum Gasteiger partial charge on any atom is 0.321 e. The summed E-state index contributed by atoms with van der Waals surface area (Å²) < 4.78 is 5.35. The fourth-order valence-corrected chi connectivity index (χ4v) is 2.46. The smallest absolute Gasteiger partial charge is 0.321 e. The topological polar surface area (TPSA) is 84.5 Å².